The number of carboxylic acid groups (broad SMARTS) is 3. The van der Waals surface area contributed by atoms with Gasteiger partial charge in [-0.1, -0.05) is 6.07 Å². The fourth-order valence-electron chi connectivity index (χ4n) is 3.98. The first-order valence-electron chi connectivity index (χ1n) is 13.0. The van der Waals surface area contributed by atoms with E-state index in [1.807, 2.05) is 18.5 Å². The van der Waals surface area contributed by atoms with Gasteiger partial charge in [-0.25, -0.2) is 19.4 Å². The second-order valence-corrected chi connectivity index (χ2v) is 9.87. The summed E-state index contributed by atoms with van der Waals surface area (Å²) in [5.74, 6) is -6.47. The van der Waals surface area contributed by atoms with E-state index in [1.165, 1.54) is 38.5 Å². The lowest BCUT2D eigenvalue weighted by molar-refractivity contribution is -0.193. The van der Waals surface area contributed by atoms with Crippen molar-refractivity contribution in [2.45, 2.75) is 38.2 Å². The molecule has 0 aromatic carbocycles. The Morgan fingerprint density at radius 3 is 1.70 bits per heavy atom. The van der Waals surface area contributed by atoms with Crippen LogP contribution in [-0.4, -0.2) is 127 Å². The maximum Gasteiger partial charge on any atom is 0.490 e. The highest BCUT2D eigenvalue weighted by molar-refractivity contribution is 5.73. The van der Waals surface area contributed by atoms with Crippen molar-refractivity contribution in [3.63, 3.8) is 0 Å². The molecular weight excluding hydrogens is 651 g/mol. The third-order valence-electron chi connectivity index (χ3n) is 6.09. The van der Waals surface area contributed by atoms with Crippen molar-refractivity contribution in [3.05, 3.63) is 48.3 Å². The molecule has 0 aliphatic carbocycles. The number of aromatic nitrogens is 3. The zero-order valence-electron chi connectivity index (χ0n) is 24.1. The van der Waals surface area contributed by atoms with Gasteiger partial charge >= 0.3 is 36.4 Å². The summed E-state index contributed by atoms with van der Waals surface area (Å²) in [6.07, 6.45) is -9.29. The maximum absolute atomic E-state index is 10.6. The molecule has 0 amide bonds. The van der Waals surface area contributed by atoms with Gasteiger partial charge < -0.3 is 29.7 Å². The van der Waals surface area contributed by atoms with Crippen LogP contribution < -0.4 is 0 Å². The predicted molar refractivity (Wildman–Crippen MR) is 139 cm³/mol. The van der Waals surface area contributed by atoms with Gasteiger partial charge in [-0.15, -0.1) is 0 Å². The van der Waals surface area contributed by atoms with E-state index in [0.717, 1.165) is 31.9 Å². The number of nitrogens with zero attached hydrogens (tertiary/aromatic N) is 6. The number of rotatable bonds is 4. The fraction of sp³-hybridized carbons (Fsp3) is 0.560. The second kappa shape index (κ2) is 17.6. The zero-order chi connectivity index (χ0) is 35.3. The van der Waals surface area contributed by atoms with E-state index in [1.54, 1.807) is 0 Å². The summed E-state index contributed by atoms with van der Waals surface area (Å²) in [6, 6.07) is 6.17. The molecule has 0 spiro atoms. The third-order valence-corrected chi connectivity index (χ3v) is 6.09. The van der Waals surface area contributed by atoms with E-state index in [0.29, 0.717) is 5.92 Å². The Bertz CT molecular complexity index is 1180. The van der Waals surface area contributed by atoms with Crippen molar-refractivity contribution >= 4 is 17.9 Å². The number of pyridine rings is 1. The Morgan fingerprint density at radius 2 is 1.26 bits per heavy atom. The first-order valence-corrected chi connectivity index (χ1v) is 13.0. The summed E-state index contributed by atoms with van der Waals surface area (Å²) in [5.41, 5.74) is 1.14. The number of halogens is 9. The number of hydrogen-bond acceptors (Lipinski definition) is 8. The number of piperazine rings is 1. The van der Waals surface area contributed by atoms with Gasteiger partial charge in [0.25, 0.3) is 0 Å². The topological polar surface area (TPSA) is 152 Å². The van der Waals surface area contributed by atoms with Crippen molar-refractivity contribution in [2.24, 2.45) is 5.92 Å². The standard InChI is InChI=1S/C19H28N6.3C2HF3O2/c1-22-8-10-23(11-9-22)12-17-13-24(15-18-4-2-3-5-20-18)16-19-21-6-7-25(19)14-17;3*3-2(4,5)1(6)7/h2-7,17H,8-16H2,1H3;3*(H,6,7). The highest BCUT2D eigenvalue weighted by Crippen LogP contribution is 2.19. The van der Waals surface area contributed by atoms with Gasteiger partial charge in [0.1, 0.15) is 5.82 Å². The molecule has 2 aliphatic heterocycles. The molecule has 1 saturated heterocycles. The van der Waals surface area contributed by atoms with E-state index in [2.05, 4.69) is 54.6 Å². The van der Waals surface area contributed by atoms with Crippen LogP contribution in [-0.2, 0) is 34.0 Å². The van der Waals surface area contributed by atoms with Gasteiger partial charge in [0.05, 0.1) is 12.2 Å². The highest BCUT2D eigenvalue weighted by Gasteiger charge is 2.39. The first-order chi connectivity index (χ1) is 21.1. The molecule has 4 rings (SSSR count). The molecule has 12 nitrogen and oxygen atoms in total. The minimum Gasteiger partial charge on any atom is -0.475 e. The molecule has 1 atom stereocenters. The molecular formula is C25H31F9N6O6. The van der Waals surface area contributed by atoms with Crippen molar-refractivity contribution in [1.29, 1.82) is 0 Å². The lowest BCUT2D eigenvalue weighted by Crippen LogP contribution is -2.47. The number of carboxylic acids is 3. The summed E-state index contributed by atoms with van der Waals surface area (Å²) in [5, 5.41) is 21.4. The number of fused-ring (bicyclic) bond motifs is 1. The molecule has 0 radical (unpaired) electrons. The van der Waals surface area contributed by atoms with E-state index in [9.17, 15) is 39.5 Å². The van der Waals surface area contributed by atoms with Crippen LogP contribution in [0.3, 0.4) is 0 Å². The second-order valence-electron chi connectivity index (χ2n) is 9.87. The van der Waals surface area contributed by atoms with Crippen LogP contribution in [0.5, 0.6) is 0 Å². The smallest absolute Gasteiger partial charge is 0.475 e. The molecule has 260 valence electrons. The molecule has 2 aromatic rings. The van der Waals surface area contributed by atoms with Gasteiger partial charge in [0, 0.05) is 76.9 Å². The van der Waals surface area contributed by atoms with Crippen molar-refractivity contribution in [1.82, 2.24) is 29.2 Å². The molecule has 4 heterocycles. The number of hydrogen-bond donors (Lipinski definition) is 3. The first kappa shape index (κ1) is 40.0. The SMILES string of the molecule is CN1CCN(CC2CN(Cc3ccccn3)Cc3nccn3C2)CC1.O=C(O)C(F)(F)F.O=C(O)C(F)(F)F.O=C(O)C(F)(F)F. The quantitative estimate of drug-likeness (QED) is 0.408. The largest absolute Gasteiger partial charge is 0.490 e. The van der Waals surface area contributed by atoms with Gasteiger partial charge in [-0.3, -0.25) is 9.88 Å². The predicted octanol–water partition coefficient (Wildman–Crippen LogP) is 3.06. The van der Waals surface area contributed by atoms with Crippen LogP contribution in [0.2, 0.25) is 0 Å². The molecule has 0 bridgehead atoms. The lowest BCUT2D eigenvalue weighted by atomic mass is 10.1. The molecule has 1 unspecified atom stereocenters. The third kappa shape index (κ3) is 15.8. The summed E-state index contributed by atoms with van der Waals surface area (Å²) in [7, 11) is 2.22. The number of carbonyl (C=O) groups is 3. The summed E-state index contributed by atoms with van der Waals surface area (Å²) in [6.45, 7) is 9.88. The highest BCUT2D eigenvalue weighted by atomic mass is 19.4. The molecule has 21 heteroatoms. The van der Waals surface area contributed by atoms with Gasteiger partial charge in [-0.2, -0.15) is 39.5 Å². The van der Waals surface area contributed by atoms with Gasteiger partial charge in [0.15, 0.2) is 0 Å². The monoisotopic (exact) mass is 682 g/mol. The van der Waals surface area contributed by atoms with Gasteiger partial charge in [-0.05, 0) is 19.2 Å². The average Bonchev–Trinajstić information content (AvgIpc) is 3.29. The Hall–Kier alpha value is -3.98. The van der Waals surface area contributed by atoms with Gasteiger partial charge in [0.2, 0.25) is 0 Å². The Balaban J connectivity index is 0.000000413. The van der Waals surface area contributed by atoms with Crippen molar-refractivity contribution < 1.29 is 69.2 Å². The van der Waals surface area contributed by atoms with Crippen LogP contribution in [0.25, 0.3) is 0 Å². The Labute approximate surface area is 255 Å². The fourth-order valence-corrected chi connectivity index (χ4v) is 3.98. The van der Waals surface area contributed by atoms with Crippen LogP contribution in [0.15, 0.2) is 36.8 Å². The van der Waals surface area contributed by atoms with E-state index in [4.69, 9.17) is 29.7 Å². The van der Waals surface area contributed by atoms with E-state index in [-0.39, 0.29) is 0 Å². The molecule has 2 aliphatic rings. The normalized spacial score (nSPS) is 17.8. The van der Waals surface area contributed by atoms with Crippen LogP contribution >= 0.6 is 0 Å². The summed E-state index contributed by atoms with van der Waals surface area (Å²) < 4.78 is 97.6. The average molecular weight is 683 g/mol. The maximum atomic E-state index is 10.6. The lowest BCUT2D eigenvalue weighted by Gasteiger charge is -2.35. The summed E-state index contributed by atoms with van der Waals surface area (Å²) >= 11 is 0. The van der Waals surface area contributed by atoms with Crippen LogP contribution in [0.4, 0.5) is 39.5 Å². The summed E-state index contributed by atoms with van der Waals surface area (Å²) in [4.78, 5) is 43.3. The number of alkyl halides is 9. The molecule has 2 aromatic heterocycles. The van der Waals surface area contributed by atoms with Crippen LogP contribution in [0, 0.1) is 5.92 Å². The van der Waals surface area contributed by atoms with E-state index < -0.39 is 36.4 Å². The minimum absolute atomic E-state index is 0.627. The molecule has 0 saturated carbocycles. The number of aliphatic carboxylic acids is 3. The van der Waals surface area contributed by atoms with E-state index >= 15 is 0 Å². The van der Waals surface area contributed by atoms with Crippen LogP contribution in [0.1, 0.15) is 11.5 Å². The Kier molecular flexibility index (Phi) is 15.4. The Morgan fingerprint density at radius 1 is 0.761 bits per heavy atom. The van der Waals surface area contributed by atoms with Crippen molar-refractivity contribution in [2.75, 3.05) is 46.3 Å². The number of imidazole rings is 1. The zero-order valence-corrected chi connectivity index (χ0v) is 24.1. The number of likely N-dealkylation sites (N-methyl/N-ethyl adjacent to an activating group) is 1. The van der Waals surface area contributed by atoms with Crippen molar-refractivity contribution in [3.8, 4) is 0 Å². The molecule has 46 heavy (non-hydrogen) atoms. The molecule has 3 N–H and O–H groups in total. The molecule has 1 fully saturated rings. The minimum atomic E-state index is -5.08.